The van der Waals surface area contributed by atoms with Crippen LogP contribution in [0.5, 0.6) is 0 Å². The van der Waals surface area contributed by atoms with E-state index in [0.717, 1.165) is 31.3 Å². The minimum absolute atomic E-state index is 0.0999. The molecule has 0 aromatic carbocycles. The van der Waals surface area contributed by atoms with Gasteiger partial charge in [0.05, 0.1) is 6.10 Å². The van der Waals surface area contributed by atoms with E-state index in [1.54, 1.807) is 0 Å². The zero-order valence-corrected chi connectivity index (χ0v) is 9.36. The Kier molecular flexibility index (Phi) is 2.71. The molecule has 3 rings (SSSR count). The molecular formula is C12H22N2O. The standard InChI is InChI=1S/C12H22N2O/c15-12-4-11(13-5-12)8-14-6-9-2-1-3-10(9)7-14/h9-13,15H,1-8H2. The van der Waals surface area contributed by atoms with E-state index in [1.807, 2.05) is 0 Å². The lowest BCUT2D eigenvalue weighted by atomic mass is 10.0. The lowest BCUT2D eigenvalue weighted by Crippen LogP contribution is -2.36. The summed E-state index contributed by atoms with van der Waals surface area (Å²) >= 11 is 0. The van der Waals surface area contributed by atoms with Crippen molar-refractivity contribution in [1.82, 2.24) is 10.2 Å². The molecule has 1 aliphatic carbocycles. The van der Waals surface area contributed by atoms with Crippen LogP contribution in [0.4, 0.5) is 0 Å². The molecule has 15 heavy (non-hydrogen) atoms. The molecule has 2 N–H and O–H groups in total. The molecule has 0 amide bonds. The van der Waals surface area contributed by atoms with Crippen molar-refractivity contribution in [2.45, 2.75) is 37.8 Å². The molecule has 3 aliphatic rings. The highest BCUT2D eigenvalue weighted by Gasteiger charge is 2.37. The molecule has 4 unspecified atom stereocenters. The zero-order valence-electron chi connectivity index (χ0n) is 9.36. The smallest absolute Gasteiger partial charge is 0.0680 e. The summed E-state index contributed by atoms with van der Waals surface area (Å²) in [6, 6.07) is 0.541. The highest BCUT2D eigenvalue weighted by molar-refractivity contribution is 4.91. The Morgan fingerprint density at radius 2 is 1.93 bits per heavy atom. The highest BCUT2D eigenvalue weighted by Crippen LogP contribution is 2.37. The molecule has 86 valence electrons. The summed E-state index contributed by atoms with van der Waals surface area (Å²) in [5.74, 6) is 1.99. The van der Waals surface area contributed by atoms with Gasteiger partial charge in [-0.15, -0.1) is 0 Å². The van der Waals surface area contributed by atoms with Crippen LogP contribution in [0.3, 0.4) is 0 Å². The van der Waals surface area contributed by atoms with Crippen LogP contribution in [0.1, 0.15) is 25.7 Å². The molecule has 0 radical (unpaired) electrons. The van der Waals surface area contributed by atoms with Crippen molar-refractivity contribution < 1.29 is 5.11 Å². The highest BCUT2D eigenvalue weighted by atomic mass is 16.3. The average Bonchev–Trinajstić information content (AvgIpc) is 2.81. The molecule has 0 aromatic heterocycles. The summed E-state index contributed by atoms with van der Waals surface area (Å²) in [5.41, 5.74) is 0. The van der Waals surface area contributed by atoms with Crippen molar-refractivity contribution in [1.29, 1.82) is 0 Å². The van der Waals surface area contributed by atoms with E-state index in [0.29, 0.717) is 6.04 Å². The van der Waals surface area contributed by atoms with Gasteiger partial charge in [-0.2, -0.15) is 0 Å². The number of aliphatic hydroxyl groups is 1. The third-order valence-corrected chi connectivity index (χ3v) is 4.48. The molecule has 2 saturated heterocycles. The number of fused-ring (bicyclic) bond motifs is 1. The lowest BCUT2D eigenvalue weighted by Gasteiger charge is -2.21. The minimum atomic E-state index is -0.0999. The average molecular weight is 210 g/mol. The minimum Gasteiger partial charge on any atom is -0.392 e. The van der Waals surface area contributed by atoms with Crippen LogP contribution >= 0.6 is 0 Å². The quantitative estimate of drug-likeness (QED) is 0.694. The molecule has 0 bridgehead atoms. The summed E-state index contributed by atoms with van der Waals surface area (Å²) in [6.07, 6.45) is 5.23. The summed E-state index contributed by atoms with van der Waals surface area (Å²) in [7, 11) is 0. The Labute approximate surface area is 91.8 Å². The Hall–Kier alpha value is -0.120. The van der Waals surface area contributed by atoms with Crippen LogP contribution in [-0.2, 0) is 0 Å². The Bertz CT molecular complexity index is 222. The SMILES string of the molecule is OC1CNC(CN2CC3CCCC3C2)C1. The first-order valence-corrected chi connectivity index (χ1v) is 6.45. The van der Waals surface area contributed by atoms with Gasteiger partial charge in [-0.25, -0.2) is 0 Å². The van der Waals surface area contributed by atoms with Crippen LogP contribution < -0.4 is 5.32 Å². The number of nitrogens with zero attached hydrogens (tertiary/aromatic N) is 1. The van der Waals surface area contributed by atoms with E-state index < -0.39 is 0 Å². The van der Waals surface area contributed by atoms with Gasteiger partial charge in [0.1, 0.15) is 0 Å². The summed E-state index contributed by atoms with van der Waals surface area (Å²) in [5, 5.41) is 12.9. The predicted octanol–water partition coefficient (Wildman–Crippen LogP) is 0.441. The third-order valence-electron chi connectivity index (χ3n) is 4.48. The van der Waals surface area contributed by atoms with Gasteiger partial charge in [0, 0.05) is 32.2 Å². The Balaban J connectivity index is 1.49. The first-order valence-electron chi connectivity index (χ1n) is 6.45. The Morgan fingerprint density at radius 1 is 1.20 bits per heavy atom. The topological polar surface area (TPSA) is 35.5 Å². The van der Waals surface area contributed by atoms with Crippen LogP contribution in [0.15, 0.2) is 0 Å². The molecule has 0 spiro atoms. The number of hydrogen-bond acceptors (Lipinski definition) is 3. The van der Waals surface area contributed by atoms with Crippen molar-refractivity contribution in [3.8, 4) is 0 Å². The second-order valence-electron chi connectivity index (χ2n) is 5.66. The largest absolute Gasteiger partial charge is 0.392 e. The second-order valence-corrected chi connectivity index (χ2v) is 5.66. The van der Waals surface area contributed by atoms with Gasteiger partial charge >= 0.3 is 0 Å². The number of hydrogen-bond donors (Lipinski definition) is 2. The van der Waals surface area contributed by atoms with Gasteiger partial charge in [-0.3, -0.25) is 0 Å². The maximum Gasteiger partial charge on any atom is 0.0680 e. The number of likely N-dealkylation sites (tertiary alicyclic amines) is 1. The fraction of sp³-hybridized carbons (Fsp3) is 1.00. The maximum absolute atomic E-state index is 9.45. The van der Waals surface area contributed by atoms with E-state index in [4.69, 9.17) is 0 Å². The molecule has 3 nitrogen and oxygen atoms in total. The van der Waals surface area contributed by atoms with E-state index in [2.05, 4.69) is 10.2 Å². The fourth-order valence-electron chi connectivity index (χ4n) is 3.73. The van der Waals surface area contributed by atoms with Gasteiger partial charge in [-0.05, 0) is 31.1 Å². The van der Waals surface area contributed by atoms with Gasteiger partial charge in [0.2, 0.25) is 0 Å². The zero-order chi connectivity index (χ0) is 10.3. The monoisotopic (exact) mass is 210 g/mol. The predicted molar refractivity (Wildman–Crippen MR) is 59.7 cm³/mol. The molecule has 3 heteroatoms. The Morgan fingerprint density at radius 3 is 2.53 bits per heavy atom. The van der Waals surface area contributed by atoms with Crippen LogP contribution in [0, 0.1) is 11.8 Å². The van der Waals surface area contributed by atoms with Gasteiger partial charge in [0.15, 0.2) is 0 Å². The molecular weight excluding hydrogens is 188 g/mol. The van der Waals surface area contributed by atoms with Crippen molar-refractivity contribution >= 4 is 0 Å². The van der Waals surface area contributed by atoms with E-state index in [1.165, 1.54) is 32.4 Å². The summed E-state index contributed by atoms with van der Waals surface area (Å²) in [4.78, 5) is 2.62. The number of rotatable bonds is 2. The summed E-state index contributed by atoms with van der Waals surface area (Å²) in [6.45, 7) is 4.59. The van der Waals surface area contributed by atoms with E-state index in [-0.39, 0.29) is 6.10 Å². The molecule has 2 heterocycles. The normalized spacial score (nSPS) is 46.2. The molecule has 3 fully saturated rings. The molecule has 0 aromatic rings. The van der Waals surface area contributed by atoms with Crippen LogP contribution in [0.2, 0.25) is 0 Å². The van der Waals surface area contributed by atoms with Crippen molar-refractivity contribution in [3.05, 3.63) is 0 Å². The number of β-amino-alcohol motifs (C(OH)–C–C–N with tert-alkyl or cyclic N) is 1. The third kappa shape index (κ3) is 2.05. The van der Waals surface area contributed by atoms with Crippen LogP contribution in [-0.4, -0.2) is 48.3 Å². The lowest BCUT2D eigenvalue weighted by molar-refractivity contribution is 0.189. The van der Waals surface area contributed by atoms with Gasteiger partial charge < -0.3 is 15.3 Å². The van der Waals surface area contributed by atoms with Crippen molar-refractivity contribution in [2.24, 2.45) is 11.8 Å². The first-order chi connectivity index (χ1) is 7.31. The fourth-order valence-corrected chi connectivity index (χ4v) is 3.73. The molecule has 2 aliphatic heterocycles. The second kappa shape index (κ2) is 4.04. The number of nitrogens with one attached hydrogen (secondary N) is 1. The molecule has 1 saturated carbocycles. The van der Waals surface area contributed by atoms with Gasteiger partial charge in [0.25, 0.3) is 0 Å². The molecule has 4 atom stereocenters. The van der Waals surface area contributed by atoms with E-state index >= 15 is 0 Å². The number of aliphatic hydroxyl groups excluding tert-OH is 1. The summed E-state index contributed by atoms with van der Waals surface area (Å²) < 4.78 is 0. The van der Waals surface area contributed by atoms with E-state index in [9.17, 15) is 5.11 Å². The van der Waals surface area contributed by atoms with Crippen LogP contribution in [0.25, 0.3) is 0 Å². The van der Waals surface area contributed by atoms with Crippen molar-refractivity contribution in [3.63, 3.8) is 0 Å². The maximum atomic E-state index is 9.45. The first kappa shape index (κ1) is 10.1. The van der Waals surface area contributed by atoms with Gasteiger partial charge in [-0.1, -0.05) is 6.42 Å². The van der Waals surface area contributed by atoms with Crippen molar-refractivity contribution in [2.75, 3.05) is 26.2 Å².